The lowest BCUT2D eigenvalue weighted by Gasteiger charge is -2.34. The maximum atomic E-state index is 12.5. The zero-order valence-electron chi connectivity index (χ0n) is 11.1. The third-order valence-corrected chi connectivity index (χ3v) is 4.40. The lowest BCUT2D eigenvalue weighted by Crippen LogP contribution is -2.52. The fraction of sp³-hybridized carbons (Fsp3) is 0.533. The van der Waals surface area contributed by atoms with Gasteiger partial charge in [-0.2, -0.15) is 0 Å². The van der Waals surface area contributed by atoms with Crippen LogP contribution in [0.25, 0.3) is 0 Å². The molecule has 2 fully saturated rings. The molecule has 0 aromatic heterocycles. The van der Waals surface area contributed by atoms with E-state index in [2.05, 4.69) is 18.3 Å². The largest absolute Gasteiger partial charge is 0.337 e. The molecule has 1 aliphatic heterocycles. The van der Waals surface area contributed by atoms with Crippen LogP contribution in [0.15, 0.2) is 24.3 Å². The first-order valence-electron chi connectivity index (χ1n) is 6.93. The zero-order valence-corrected chi connectivity index (χ0v) is 11.9. The number of piperazine rings is 1. The van der Waals surface area contributed by atoms with Crippen LogP contribution in [0, 0.1) is 5.92 Å². The van der Waals surface area contributed by atoms with E-state index >= 15 is 0 Å². The molecule has 19 heavy (non-hydrogen) atoms. The molecule has 0 bridgehead atoms. The van der Waals surface area contributed by atoms with Gasteiger partial charge in [-0.3, -0.25) is 4.79 Å². The second-order valence-electron chi connectivity index (χ2n) is 5.59. The molecule has 1 aromatic rings. The Morgan fingerprint density at radius 2 is 2.32 bits per heavy atom. The van der Waals surface area contributed by atoms with E-state index in [1.165, 1.54) is 5.56 Å². The van der Waals surface area contributed by atoms with Crippen molar-refractivity contribution in [3.8, 4) is 0 Å². The Hall–Kier alpha value is -1.06. The number of nitrogens with one attached hydrogen (secondary N) is 1. The molecule has 4 heteroatoms. The van der Waals surface area contributed by atoms with E-state index in [4.69, 9.17) is 11.6 Å². The Balaban J connectivity index is 1.67. The van der Waals surface area contributed by atoms with Gasteiger partial charge >= 0.3 is 0 Å². The summed E-state index contributed by atoms with van der Waals surface area (Å²) in [7, 11) is 0. The first kappa shape index (κ1) is 12.9. The van der Waals surface area contributed by atoms with Crippen LogP contribution in [0.2, 0.25) is 5.02 Å². The molecule has 0 spiro atoms. The quantitative estimate of drug-likeness (QED) is 0.900. The number of hydrogen-bond acceptors (Lipinski definition) is 2. The Bertz CT molecular complexity index is 491. The maximum absolute atomic E-state index is 12.5. The summed E-state index contributed by atoms with van der Waals surface area (Å²) in [6, 6.07) is 8.21. The lowest BCUT2D eigenvalue weighted by molar-refractivity contribution is -0.135. The van der Waals surface area contributed by atoms with Crippen molar-refractivity contribution in [2.75, 3.05) is 19.6 Å². The number of amides is 1. The van der Waals surface area contributed by atoms with Crippen molar-refractivity contribution in [3.63, 3.8) is 0 Å². The van der Waals surface area contributed by atoms with Crippen molar-refractivity contribution >= 4 is 17.5 Å². The highest BCUT2D eigenvalue weighted by Crippen LogP contribution is 2.49. The molecule has 1 aromatic carbocycles. The highest BCUT2D eigenvalue weighted by molar-refractivity contribution is 6.30. The van der Waals surface area contributed by atoms with E-state index in [-0.39, 0.29) is 5.92 Å². The normalized spacial score (nSPS) is 30.2. The van der Waals surface area contributed by atoms with E-state index in [9.17, 15) is 4.79 Å². The Morgan fingerprint density at radius 3 is 3.05 bits per heavy atom. The summed E-state index contributed by atoms with van der Waals surface area (Å²) in [6.45, 7) is 4.75. The van der Waals surface area contributed by atoms with E-state index in [1.54, 1.807) is 0 Å². The van der Waals surface area contributed by atoms with Gasteiger partial charge in [0.15, 0.2) is 0 Å². The number of carbonyl (C=O) groups is 1. The number of benzene rings is 1. The molecule has 1 amide bonds. The summed E-state index contributed by atoms with van der Waals surface area (Å²) in [6.07, 6.45) is 0.968. The van der Waals surface area contributed by atoms with Crippen LogP contribution in [-0.2, 0) is 4.79 Å². The van der Waals surface area contributed by atoms with Gasteiger partial charge in [-0.15, -0.1) is 0 Å². The molecule has 3 nitrogen and oxygen atoms in total. The molecule has 0 unspecified atom stereocenters. The molecular weight excluding hydrogens is 260 g/mol. The molecule has 1 N–H and O–H groups in total. The molecule has 1 aliphatic carbocycles. The van der Waals surface area contributed by atoms with Crippen molar-refractivity contribution in [1.82, 2.24) is 10.2 Å². The lowest BCUT2D eigenvalue weighted by atomic mass is 10.1. The Labute approximate surface area is 118 Å². The van der Waals surface area contributed by atoms with Crippen LogP contribution >= 0.6 is 11.6 Å². The van der Waals surface area contributed by atoms with Crippen LogP contribution in [0.4, 0.5) is 0 Å². The van der Waals surface area contributed by atoms with Crippen molar-refractivity contribution in [2.24, 2.45) is 5.92 Å². The standard InChI is InChI=1S/C15H19ClN2O/c1-10-9-17-5-6-18(10)15(19)14-8-13(14)11-3-2-4-12(16)7-11/h2-4,7,10,13-14,17H,5-6,8-9H2,1H3/t10-,13-,14-/m1/s1. The molecule has 1 heterocycles. The number of hydrogen-bond donors (Lipinski definition) is 1. The minimum absolute atomic E-state index is 0.166. The predicted molar refractivity (Wildman–Crippen MR) is 76.3 cm³/mol. The average Bonchev–Trinajstić information content (AvgIpc) is 3.19. The first-order chi connectivity index (χ1) is 9.16. The monoisotopic (exact) mass is 278 g/mol. The molecular formula is C15H19ClN2O. The summed E-state index contributed by atoms with van der Waals surface area (Å²) in [5.41, 5.74) is 1.20. The van der Waals surface area contributed by atoms with Crippen molar-refractivity contribution in [1.29, 1.82) is 0 Å². The fourth-order valence-electron chi connectivity index (χ4n) is 2.95. The van der Waals surface area contributed by atoms with Gasteiger partial charge in [-0.1, -0.05) is 23.7 Å². The number of carbonyl (C=O) groups excluding carboxylic acids is 1. The van der Waals surface area contributed by atoms with E-state index < -0.39 is 0 Å². The highest BCUT2D eigenvalue weighted by Gasteiger charge is 2.46. The zero-order chi connectivity index (χ0) is 13.4. The van der Waals surface area contributed by atoms with Crippen molar-refractivity contribution in [2.45, 2.75) is 25.3 Å². The number of nitrogens with zero attached hydrogens (tertiary/aromatic N) is 1. The first-order valence-corrected chi connectivity index (χ1v) is 7.31. The number of halogens is 1. The molecule has 2 aliphatic rings. The average molecular weight is 279 g/mol. The van der Waals surface area contributed by atoms with Gasteiger partial charge in [0.2, 0.25) is 5.91 Å². The summed E-state index contributed by atoms with van der Waals surface area (Å²) in [5, 5.41) is 4.07. The van der Waals surface area contributed by atoms with Crippen LogP contribution < -0.4 is 5.32 Å². The molecule has 3 rings (SSSR count). The predicted octanol–water partition coefficient (Wildman–Crippen LogP) is 2.26. The summed E-state index contributed by atoms with van der Waals surface area (Å²) < 4.78 is 0. The van der Waals surface area contributed by atoms with Gasteiger partial charge in [0.25, 0.3) is 0 Å². The van der Waals surface area contributed by atoms with E-state index in [0.29, 0.717) is 17.9 Å². The number of rotatable bonds is 2. The van der Waals surface area contributed by atoms with Gasteiger partial charge in [-0.25, -0.2) is 0 Å². The molecule has 102 valence electrons. The van der Waals surface area contributed by atoms with Crippen LogP contribution in [0.5, 0.6) is 0 Å². The smallest absolute Gasteiger partial charge is 0.226 e. The van der Waals surface area contributed by atoms with Crippen LogP contribution in [0.1, 0.15) is 24.8 Å². The molecule has 3 atom stereocenters. The molecule has 0 radical (unpaired) electrons. The third kappa shape index (κ3) is 2.63. The van der Waals surface area contributed by atoms with Crippen LogP contribution in [-0.4, -0.2) is 36.5 Å². The van der Waals surface area contributed by atoms with Gasteiger partial charge in [-0.05, 0) is 37.0 Å². The van der Waals surface area contributed by atoms with E-state index in [0.717, 1.165) is 31.1 Å². The summed E-state index contributed by atoms with van der Waals surface area (Å²) in [4.78, 5) is 14.5. The van der Waals surface area contributed by atoms with Gasteiger partial charge in [0.1, 0.15) is 0 Å². The topological polar surface area (TPSA) is 32.3 Å². The van der Waals surface area contributed by atoms with Gasteiger partial charge < -0.3 is 10.2 Å². The third-order valence-electron chi connectivity index (χ3n) is 4.17. The highest BCUT2D eigenvalue weighted by atomic mass is 35.5. The van der Waals surface area contributed by atoms with Gasteiger partial charge in [0.05, 0.1) is 0 Å². The summed E-state index contributed by atoms with van der Waals surface area (Å²) in [5.74, 6) is 0.853. The minimum Gasteiger partial charge on any atom is -0.337 e. The van der Waals surface area contributed by atoms with Crippen molar-refractivity contribution in [3.05, 3.63) is 34.9 Å². The van der Waals surface area contributed by atoms with Crippen molar-refractivity contribution < 1.29 is 4.79 Å². The Kier molecular flexibility index (Phi) is 3.50. The summed E-state index contributed by atoms with van der Waals surface area (Å²) >= 11 is 6.01. The molecule has 1 saturated heterocycles. The minimum atomic E-state index is 0.166. The van der Waals surface area contributed by atoms with E-state index in [1.807, 2.05) is 23.1 Å². The SMILES string of the molecule is C[C@@H]1CNCCN1C(=O)[C@@H]1C[C@@H]1c1cccc(Cl)c1. The second kappa shape index (κ2) is 5.14. The molecule has 1 saturated carbocycles. The second-order valence-corrected chi connectivity index (χ2v) is 6.02. The fourth-order valence-corrected chi connectivity index (χ4v) is 3.15. The van der Waals surface area contributed by atoms with Crippen LogP contribution in [0.3, 0.4) is 0 Å². The Morgan fingerprint density at radius 1 is 1.47 bits per heavy atom. The van der Waals surface area contributed by atoms with Gasteiger partial charge in [0, 0.05) is 36.6 Å². The maximum Gasteiger partial charge on any atom is 0.226 e.